The molecule has 0 saturated heterocycles. The standard InChI is InChI=1S/C42H22Br4O3/c43-29-15-13-21-5-3-11-27-31(21)35(29)25-9-1-7-23-17-19-41(45,37(27)33(23)25)39(47)49-40(48)42(46)20-18-24-8-2-10-26-34(24)38(42)28-12-4-6-22-14-16-30(44)36(26)32(22)28/h1-18H,19-20H2. The van der Waals surface area contributed by atoms with E-state index in [0.29, 0.717) is 12.8 Å². The van der Waals surface area contributed by atoms with Crippen LogP contribution in [0.2, 0.25) is 0 Å². The summed E-state index contributed by atoms with van der Waals surface area (Å²) in [6, 6.07) is 33.2. The molecule has 2 atom stereocenters. The molecule has 0 fully saturated rings. The quantitative estimate of drug-likeness (QED) is 0.0571. The Morgan fingerprint density at radius 1 is 0.490 bits per heavy atom. The molecule has 0 amide bonds. The van der Waals surface area contributed by atoms with Crippen LogP contribution in [0.15, 0.2) is 106 Å². The van der Waals surface area contributed by atoms with E-state index in [9.17, 15) is 9.59 Å². The lowest BCUT2D eigenvalue weighted by molar-refractivity contribution is -0.163. The van der Waals surface area contributed by atoms with E-state index in [1.807, 2.05) is 12.1 Å². The fourth-order valence-electron chi connectivity index (χ4n) is 8.52. The van der Waals surface area contributed by atoms with Gasteiger partial charge >= 0.3 is 11.9 Å². The average molecular weight is 894 g/mol. The summed E-state index contributed by atoms with van der Waals surface area (Å²) in [6.45, 7) is 0. The van der Waals surface area contributed by atoms with E-state index in [2.05, 4.69) is 161 Å². The molecule has 236 valence electrons. The van der Waals surface area contributed by atoms with Crippen LogP contribution in [0.5, 0.6) is 0 Å². The Kier molecular flexibility index (Phi) is 6.45. The van der Waals surface area contributed by atoms with Crippen molar-refractivity contribution in [3.8, 4) is 0 Å². The smallest absolute Gasteiger partial charge is 0.335 e. The van der Waals surface area contributed by atoms with Crippen LogP contribution in [0.25, 0.3) is 76.8 Å². The second-order valence-corrected chi connectivity index (χ2v) is 17.5. The van der Waals surface area contributed by atoms with Crippen molar-refractivity contribution < 1.29 is 14.3 Å². The van der Waals surface area contributed by atoms with E-state index in [0.717, 1.165) is 95.1 Å². The minimum atomic E-state index is -1.29. The first-order chi connectivity index (χ1) is 23.7. The van der Waals surface area contributed by atoms with Gasteiger partial charge in [0.1, 0.15) is 0 Å². The Morgan fingerprint density at radius 2 is 0.898 bits per heavy atom. The highest BCUT2D eigenvalue weighted by atomic mass is 79.9. The molecule has 7 heteroatoms. The normalized spacial score (nSPS) is 19.9. The monoisotopic (exact) mass is 890 g/mol. The van der Waals surface area contributed by atoms with E-state index in [1.54, 1.807) is 0 Å². The molecule has 8 aromatic carbocycles. The zero-order valence-electron chi connectivity index (χ0n) is 25.5. The number of fused-ring (bicyclic) bond motifs is 4. The maximum Gasteiger partial charge on any atom is 0.335 e. The number of alkyl halides is 2. The van der Waals surface area contributed by atoms with Gasteiger partial charge in [-0.1, -0.05) is 161 Å². The molecule has 0 heterocycles. The molecule has 10 rings (SSSR count). The van der Waals surface area contributed by atoms with Crippen molar-refractivity contribution in [3.05, 3.63) is 128 Å². The first-order valence-corrected chi connectivity index (χ1v) is 19.1. The highest BCUT2D eigenvalue weighted by Crippen LogP contribution is 2.52. The van der Waals surface area contributed by atoms with E-state index in [1.165, 1.54) is 0 Å². The van der Waals surface area contributed by atoms with Crippen molar-refractivity contribution in [2.75, 3.05) is 0 Å². The van der Waals surface area contributed by atoms with Crippen LogP contribution < -0.4 is 10.4 Å². The number of halogens is 4. The fourth-order valence-corrected chi connectivity index (χ4v) is 10.9. The Hall–Kier alpha value is -3.62. The van der Waals surface area contributed by atoms with Crippen molar-refractivity contribution in [2.45, 2.75) is 21.5 Å². The number of benzene rings is 8. The summed E-state index contributed by atoms with van der Waals surface area (Å²) >= 11 is 15.5. The van der Waals surface area contributed by atoms with Crippen LogP contribution in [0.1, 0.15) is 24.0 Å². The number of hydrogen-bond acceptors (Lipinski definition) is 3. The van der Waals surface area contributed by atoms with Crippen molar-refractivity contribution in [1.29, 1.82) is 0 Å². The van der Waals surface area contributed by atoms with Gasteiger partial charge < -0.3 is 4.74 Å². The van der Waals surface area contributed by atoms with Crippen molar-refractivity contribution >= 4 is 152 Å². The Labute approximate surface area is 313 Å². The van der Waals surface area contributed by atoms with Gasteiger partial charge in [-0.25, -0.2) is 9.59 Å². The summed E-state index contributed by atoms with van der Waals surface area (Å²) in [7, 11) is 0. The van der Waals surface area contributed by atoms with Crippen LogP contribution in [-0.2, 0) is 23.0 Å². The molecule has 49 heavy (non-hydrogen) atoms. The molecule has 0 aromatic heterocycles. The van der Waals surface area contributed by atoms with Crippen LogP contribution in [0, 0.1) is 0 Å². The van der Waals surface area contributed by atoms with Crippen LogP contribution in [0.4, 0.5) is 0 Å². The summed E-state index contributed by atoms with van der Waals surface area (Å²) < 4.78 is 5.50. The molecule has 0 radical (unpaired) electrons. The first kappa shape index (κ1) is 30.2. The summed E-state index contributed by atoms with van der Waals surface area (Å²) in [5.41, 5.74) is 1.66. The summed E-state index contributed by atoms with van der Waals surface area (Å²) in [4.78, 5) is 29.4. The summed E-state index contributed by atoms with van der Waals surface area (Å²) in [6.07, 6.45) is 4.79. The van der Waals surface area contributed by atoms with Gasteiger partial charge in [-0.05, 0) is 100 Å². The summed E-state index contributed by atoms with van der Waals surface area (Å²) in [5.74, 6) is -1.26. The van der Waals surface area contributed by atoms with Gasteiger partial charge in [0.05, 0.1) is 0 Å². The third-order valence-corrected chi connectivity index (χ3v) is 14.0. The molecule has 0 bridgehead atoms. The second kappa shape index (κ2) is 10.5. The zero-order valence-corrected chi connectivity index (χ0v) is 31.9. The molecule has 2 aliphatic rings. The van der Waals surface area contributed by atoms with Crippen molar-refractivity contribution in [1.82, 2.24) is 0 Å². The lowest BCUT2D eigenvalue weighted by Gasteiger charge is -2.34. The molecule has 2 aliphatic carbocycles. The number of carbonyl (C=O) groups is 2. The molecular formula is C42H22Br4O3. The van der Waals surface area contributed by atoms with E-state index < -0.39 is 20.6 Å². The van der Waals surface area contributed by atoms with Gasteiger partial charge in [-0.2, -0.15) is 0 Å². The SMILES string of the molecule is O=C(OC(=O)C1(Br)CC=c2cccc3c2c1c1cccc2ccc(Br)c3c21)C1(Br)CC=c2cccc3c2c1c1cccc2ccc(Br)c3c21. The van der Waals surface area contributed by atoms with Gasteiger partial charge in [0.25, 0.3) is 0 Å². The van der Waals surface area contributed by atoms with Gasteiger partial charge in [0.15, 0.2) is 8.65 Å². The second-order valence-electron chi connectivity index (χ2n) is 13.0. The Bertz CT molecular complexity index is 2770. The minimum Gasteiger partial charge on any atom is -0.391 e. The van der Waals surface area contributed by atoms with Crippen LogP contribution >= 0.6 is 63.7 Å². The zero-order chi connectivity index (χ0) is 33.4. The third-order valence-electron chi connectivity index (χ3n) is 10.6. The lowest BCUT2D eigenvalue weighted by atomic mass is 9.79. The minimum absolute atomic E-state index is 0.330. The highest BCUT2D eigenvalue weighted by molar-refractivity contribution is 9.11. The average Bonchev–Trinajstić information content (AvgIpc) is 3.11. The number of ether oxygens (including phenoxy) is 1. The van der Waals surface area contributed by atoms with Crippen molar-refractivity contribution in [2.24, 2.45) is 0 Å². The number of rotatable bonds is 2. The maximum atomic E-state index is 14.7. The highest BCUT2D eigenvalue weighted by Gasteiger charge is 2.49. The molecule has 0 N–H and O–H groups in total. The number of esters is 2. The molecule has 0 aliphatic heterocycles. The Morgan fingerprint density at radius 3 is 1.35 bits per heavy atom. The topological polar surface area (TPSA) is 43.4 Å². The lowest BCUT2D eigenvalue weighted by Crippen LogP contribution is -2.41. The molecule has 2 unspecified atom stereocenters. The van der Waals surface area contributed by atoms with Gasteiger partial charge in [-0.3, -0.25) is 0 Å². The van der Waals surface area contributed by atoms with Crippen LogP contribution in [-0.4, -0.2) is 11.9 Å². The van der Waals surface area contributed by atoms with E-state index in [-0.39, 0.29) is 0 Å². The van der Waals surface area contributed by atoms with E-state index >= 15 is 0 Å². The third kappa shape index (κ3) is 3.93. The largest absolute Gasteiger partial charge is 0.391 e. The van der Waals surface area contributed by atoms with Crippen molar-refractivity contribution in [3.63, 3.8) is 0 Å². The van der Waals surface area contributed by atoms with Gasteiger partial charge in [0.2, 0.25) is 0 Å². The predicted molar refractivity (Wildman–Crippen MR) is 214 cm³/mol. The van der Waals surface area contributed by atoms with Crippen LogP contribution in [0.3, 0.4) is 0 Å². The van der Waals surface area contributed by atoms with Gasteiger partial charge in [-0.15, -0.1) is 0 Å². The molecule has 8 aromatic rings. The number of hydrogen-bond donors (Lipinski definition) is 0. The summed E-state index contributed by atoms with van der Waals surface area (Å²) in [5, 5.41) is 14.6. The first-order valence-electron chi connectivity index (χ1n) is 16.0. The maximum absolute atomic E-state index is 14.7. The predicted octanol–water partition coefficient (Wildman–Crippen LogP) is 10.9. The molecule has 0 saturated carbocycles. The fraction of sp³-hybridized carbons (Fsp3) is 0.0952. The van der Waals surface area contributed by atoms with E-state index in [4.69, 9.17) is 4.74 Å². The Balaban J connectivity index is 1.17. The van der Waals surface area contributed by atoms with Gasteiger partial charge in [0, 0.05) is 19.7 Å². The molecular weight excluding hydrogens is 872 g/mol. The molecule has 0 spiro atoms. The number of carbonyl (C=O) groups excluding carboxylic acids is 2. The molecule has 3 nitrogen and oxygen atoms in total.